The molecule has 2 rings (SSSR count). The Bertz CT molecular complexity index is 644. The number of rotatable bonds is 3. The zero-order chi connectivity index (χ0) is 14.0. The molecule has 0 saturated carbocycles. The number of carboxylic acids is 1. The van der Waals surface area contributed by atoms with Crippen molar-refractivity contribution in [3.63, 3.8) is 0 Å². The van der Waals surface area contributed by atoms with Crippen LogP contribution in [-0.2, 0) is 11.2 Å². The van der Waals surface area contributed by atoms with Gasteiger partial charge in [-0.05, 0) is 18.2 Å². The summed E-state index contributed by atoms with van der Waals surface area (Å²) in [7, 11) is 0. The van der Waals surface area contributed by atoms with Gasteiger partial charge < -0.3 is 5.11 Å². The molecule has 19 heavy (non-hydrogen) atoms. The third-order valence-corrected chi connectivity index (χ3v) is 3.53. The lowest BCUT2D eigenvalue weighted by molar-refractivity contribution is -0.136. The summed E-state index contributed by atoms with van der Waals surface area (Å²) in [5.41, 5.74) is 1.60. The minimum absolute atomic E-state index is 0.234. The molecule has 0 radical (unpaired) electrons. The molecule has 98 valence electrons. The van der Waals surface area contributed by atoms with Crippen molar-refractivity contribution in [2.45, 2.75) is 6.42 Å². The molecule has 0 atom stereocenters. The first-order valence-corrected chi connectivity index (χ1v) is 6.44. The molecule has 0 unspecified atom stereocenters. The summed E-state index contributed by atoms with van der Waals surface area (Å²) < 4.78 is 0. The zero-order valence-corrected chi connectivity index (χ0v) is 11.8. The zero-order valence-electron chi connectivity index (χ0n) is 9.53. The quantitative estimate of drug-likeness (QED) is 0.857. The van der Waals surface area contributed by atoms with E-state index < -0.39 is 5.97 Å². The molecule has 1 N–H and O–H groups in total. The van der Waals surface area contributed by atoms with Crippen molar-refractivity contribution in [2.75, 3.05) is 0 Å². The molecule has 1 aromatic carbocycles. The summed E-state index contributed by atoms with van der Waals surface area (Å²) in [4.78, 5) is 14.9. The van der Waals surface area contributed by atoms with Gasteiger partial charge >= 0.3 is 5.97 Å². The molecular formula is C13H8Cl3NO2. The number of aliphatic carboxylic acids is 1. The van der Waals surface area contributed by atoms with Gasteiger partial charge in [0.15, 0.2) is 0 Å². The number of carboxylic acid groups (broad SMARTS) is 1. The fourth-order valence-electron chi connectivity index (χ4n) is 1.71. The van der Waals surface area contributed by atoms with Crippen molar-refractivity contribution in [1.29, 1.82) is 0 Å². The van der Waals surface area contributed by atoms with Crippen molar-refractivity contribution >= 4 is 40.8 Å². The van der Waals surface area contributed by atoms with E-state index in [1.165, 1.54) is 0 Å². The van der Waals surface area contributed by atoms with E-state index in [1.807, 2.05) is 0 Å². The number of benzene rings is 1. The van der Waals surface area contributed by atoms with Gasteiger partial charge in [-0.25, -0.2) is 4.98 Å². The van der Waals surface area contributed by atoms with Crippen molar-refractivity contribution in [3.05, 3.63) is 51.2 Å². The third-order valence-electron chi connectivity index (χ3n) is 2.50. The Morgan fingerprint density at radius 3 is 2.53 bits per heavy atom. The van der Waals surface area contributed by atoms with E-state index in [2.05, 4.69) is 4.98 Å². The Labute approximate surface area is 124 Å². The highest BCUT2D eigenvalue weighted by Crippen LogP contribution is 2.35. The SMILES string of the molecule is O=C(O)Cc1nc(Cl)ccc1-c1cccc(Cl)c1Cl. The second-order valence-electron chi connectivity index (χ2n) is 3.80. The molecule has 0 aliphatic carbocycles. The number of nitrogens with zero attached hydrogens (tertiary/aromatic N) is 1. The second-order valence-corrected chi connectivity index (χ2v) is 4.97. The van der Waals surface area contributed by atoms with Crippen LogP contribution in [0.5, 0.6) is 0 Å². The van der Waals surface area contributed by atoms with Crippen molar-refractivity contribution in [1.82, 2.24) is 4.98 Å². The van der Waals surface area contributed by atoms with Crippen LogP contribution in [0.2, 0.25) is 15.2 Å². The van der Waals surface area contributed by atoms with Gasteiger partial charge in [0.05, 0.1) is 22.2 Å². The number of aromatic nitrogens is 1. The number of hydrogen-bond acceptors (Lipinski definition) is 2. The van der Waals surface area contributed by atoms with E-state index in [0.29, 0.717) is 26.9 Å². The van der Waals surface area contributed by atoms with E-state index in [1.54, 1.807) is 30.3 Å². The van der Waals surface area contributed by atoms with Gasteiger partial charge in [-0.3, -0.25) is 4.79 Å². The molecule has 0 amide bonds. The molecule has 0 bridgehead atoms. The summed E-state index contributed by atoms with van der Waals surface area (Å²) in [6.45, 7) is 0. The van der Waals surface area contributed by atoms with Crippen LogP contribution in [0.1, 0.15) is 5.69 Å². The maximum Gasteiger partial charge on any atom is 0.309 e. The molecule has 0 saturated heterocycles. The summed E-state index contributed by atoms with van der Waals surface area (Å²) in [5.74, 6) is -0.992. The maximum absolute atomic E-state index is 10.9. The average Bonchev–Trinajstić information content (AvgIpc) is 2.33. The van der Waals surface area contributed by atoms with Gasteiger partial charge in [0, 0.05) is 11.1 Å². The Balaban J connectivity index is 2.61. The first-order valence-electron chi connectivity index (χ1n) is 5.30. The average molecular weight is 317 g/mol. The maximum atomic E-state index is 10.9. The lowest BCUT2D eigenvalue weighted by Gasteiger charge is -2.10. The highest BCUT2D eigenvalue weighted by atomic mass is 35.5. The van der Waals surface area contributed by atoms with Gasteiger partial charge in [0.25, 0.3) is 0 Å². The Morgan fingerprint density at radius 1 is 1.11 bits per heavy atom. The fraction of sp³-hybridized carbons (Fsp3) is 0.0769. The van der Waals surface area contributed by atoms with Crippen LogP contribution in [0.3, 0.4) is 0 Å². The smallest absolute Gasteiger partial charge is 0.309 e. The van der Waals surface area contributed by atoms with Crippen LogP contribution in [0.4, 0.5) is 0 Å². The third kappa shape index (κ3) is 3.18. The Hall–Kier alpha value is -1.29. The van der Waals surface area contributed by atoms with Crippen molar-refractivity contribution in [2.24, 2.45) is 0 Å². The molecule has 0 aliphatic heterocycles. The Kier molecular flexibility index (Phi) is 4.30. The molecule has 0 aliphatic rings. The highest BCUT2D eigenvalue weighted by molar-refractivity contribution is 6.43. The largest absolute Gasteiger partial charge is 0.481 e. The predicted octanol–water partition coefficient (Wildman–Crippen LogP) is 4.34. The predicted molar refractivity (Wildman–Crippen MR) is 76.0 cm³/mol. The van der Waals surface area contributed by atoms with Crippen LogP contribution >= 0.6 is 34.8 Å². The van der Waals surface area contributed by atoms with Crippen LogP contribution in [0, 0.1) is 0 Å². The standard InChI is InChI=1S/C13H8Cl3NO2/c14-9-3-1-2-8(13(9)16)7-4-5-11(15)17-10(7)6-12(18)19/h1-5H,6H2,(H,18,19). The minimum Gasteiger partial charge on any atom is -0.481 e. The Morgan fingerprint density at radius 2 is 1.84 bits per heavy atom. The number of hydrogen-bond donors (Lipinski definition) is 1. The van der Waals surface area contributed by atoms with E-state index in [4.69, 9.17) is 39.9 Å². The van der Waals surface area contributed by atoms with Gasteiger partial charge in [0.1, 0.15) is 5.15 Å². The molecule has 1 heterocycles. The van der Waals surface area contributed by atoms with Gasteiger partial charge in [0.2, 0.25) is 0 Å². The number of carbonyl (C=O) groups is 1. The molecular weight excluding hydrogens is 309 g/mol. The van der Waals surface area contributed by atoms with Crippen LogP contribution < -0.4 is 0 Å². The highest BCUT2D eigenvalue weighted by Gasteiger charge is 2.14. The second kappa shape index (κ2) is 5.78. The molecule has 3 nitrogen and oxygen atoms in total. The van der Waals surface area contributed by atoms with Crippen molar-refractivity contribution in [3.8, 4) is 11.1 Å². The lowest BCUT2D eigenvalue weighted by atomic mass is 10.0. The van der Waals surface area contributed by atoms with Gasteiger partial charge in [-0.2, -0.15) is 0 Å². The van der Waals surface area contributed by atoms with E-state index >= 15 is 0 Å². The first-order chi connectivity index (χ1) is 8.99. The lowest BCUT2D eigenvalue weighted by Crippen LogP contribution is -2.04. The van der Waals surface area contributed by atoms with E-state index in [-0.39, 0.29) is 11.6 Å². The first kappa shape index (κ1) is 14.1. The summed E-state index contributed by atoms with van der Waals surface area (Å²) in [6.07, 6.45) is -0.237. The molecule has 0 fully saturated rings. The minimum atomic E-state index is -0.992. The molecule has 6 heteroatoms. The normalized spacial score (nSPS) is 10.5. The summed E-state index contributed by atoms with van der Waals surface area (Å²) in [6, 6.07) is 8.42. The van der Waals surface area contributed by atoms with Crippen LogP contribution in [-0.4, -0.2) is 16.1 Å². The molecule has 1 aromatic heterocycles. The van der Waals surface area contributed by atoms with E-state index in [9.17, 15) is 4.79 Å². The summed E-state index contributed by atoms with van der Waals surface area (Å²) in [5, 5.41) is 9.90. The number of halogens is 3. The van der Waals surface area contributed by atoms with Gasteiger partial charge in [-0.15, -0.1) is 0 Å². The van der Waals surface area contributed by atoms with Crippen molar-refractivity contribution < 1.29 is 9.90 Å². The monoisotopic (exact) mass is 315 g/mol. The molecule has 2 aromatic rings. The number of pyridine rings is 1. The van der Waals surface area contributed by atoms with Crippen LogP contribution in [0.15, 0.2) is 30.3 Å². The molecule has 0 spiro atoms. The van der Waals surface area contributed by atoms with Crippen LogP contribution in [0.25, 0.3) is 11.1 Å². The topological polar surface area (TPSA) is 50.2 Å². The fourth-order valence-corrected chi connectivity index (χ4v) is 2.28. The van der Waals surface area contributed by atoms with E-state index in [0.717, 1.165) is 0 Å². The van der Waals surface area contributed by atoms with Gasteiger partial charge in [-0.1, -0.05) is 46.9 Å². The summed E-state index contributed by atoms with van der Waals surface area (Å²) >= 11 is 17.9.